The van der Waals surface area contributed by atoms with E-state index in [1.807, 2.05) is 32.0 Å². The van der Waals surface area contributed by atoms with Crippen LogP contribution in [0, 0.1) is 19.3 Å². The largest absolute Gasteiger partial charge is 0.478 e. The predicted octanol–water partition coefficient (Wildman–Crippen LogP) is 5.91. The third-order valence-electron chi connectivity index (χ3n) is 6.74. The minimum atomic E-state index is -0.973. The lowest BCUT2D eigenvalue weighted by atomic mass is 9.83. The second-order valence-corrected chi connectivity index (χ2v) is 10.00. The molecule has 33 heavy (non-hydrogen) atoms. The van der Waals surface area contributed by atoms with Gasteiger partial charge in [-0.2, -0.15) is 0 Å². The molecular formula is C27H32N2O4. The summed E-state index contributed by atoms with van der Waals surface area (Å²) in [5.41, 5.74) is 4.06. The number of carboxylic acids is 1. The summed E-state index contributed by atoms with van der Waals surface area (Å²) in [6, 6.07) is 10.6. The monoisotopic (exact) mass is 448 g/mol. The van der Waals surface area contributed by atoms with Crippen molar-refractivity contribution in [2.45, 2.75) is 53.5 Å². The van der Waals surface area contributed by atoms with Crippen LogP contribution in [0.2, 0.25) is 0 Å². The van der Waals surface area contributed by atoms with E-state index in [1.165, 1.54) is 0 Å². The lowest BCUT2D eigenvalue weighted by Gasteiger charge is -2.37. The number of nitrogens with one attached hydrogen (secondary N) is 1. The molecule has 1 aromatic heterocycles. The maximum absolute atomic E-state index is 13.1. The Bertz CT molecular complexity index is 1270. The van der Waals surface area contributed by atoms with E-state index >= 15 is 0 Å². The number of piperidine rings is 1. The molecule has 0 saturated carbocycles. The standard InChI is InChI=1S/C27H32N2O4/c1-16-13-19(18(3)28-21-8-6-7-17(2)24(21)26(31)32)25-20(14-16)22(30)15-23(33-25)29-11-9-27(4,5)10-12-29/h6-8,13-15,18,28H,9-12H2,1-5H3,(H,31,32). The Balaban J connectivity index is 1.76. The van der Waals surface area contributed by atoms with E-state index in [0.717, 1.165) is 37.1 Å². The molecule has 0 bridgehead atoms. The highest BCUT2D eigenvalue weighted by atomic mass is 16.4. The van der Waals surface area contributed by atoms with Crippen LogP contribution in [-0.2, 0) is 0 Å². The van der Waals surface area contributed by atoms with Gasteiger partial charge in [0.05, 0.1) is 17.0 Å². The van der Waals surface area contributed by atoms with Crippen molar-refractivity contribution in [3.8, 4) is 0 Å². The average Bonchev–Trinajstić information content (AvgIpc) is 2.73. The van der Waals surface area contributed by atoms with Gasteiger partial charge < -0.3 is 19.7 Å². The van der Waals surface area contributed by atoms with E-state index in [2.05, 4.69) is 24.1 Å². The first kappa shape index (κ1) is 22.9. The molecule has 0 radical (unpaired) electrons. The second-order valence-electron chi connectivity index (χ2n) is 10.00. The number of carbonyl (C=O) groups is 1. The molecule has 0 spiro atoms. The van der Waals surface area contributed by atoms with Crippen molar-refractivity contribution in [3.05, 3.63) is 68.9 Å². The lowest BCUT2D eigenvalue weighted by Crippen LogP contribution is -2.37. The number of fused-ring (bicyclic) bond motifs is 1. The molecule has 4 rings (SSSR count). The molecule has 3 aromatic rings. The van der Waals surface area contributed by atoms with E-state index in [1.54, 1.807) is 25.1 Å². The fourth-order valence-corrected chi connectivity index (χ4v) is 4.61. The van der Waals surface area contributed by atoms with Gasteiger partial charge in [0.15, 0.2) is 11.3 Å². The minimum absolute atomic E-state index is 0.0602. The van der Waals surface area contributed by atoms with Gasteiger partial charge in [0.1, 0.15) is 5.58 Å². The van der Waals surface area contributed by atoms with E-state index in [9.17, 15) is 14.7 Å². The van der Waals surface area contributed by atoms with E-state index < -0.39 is 5.97 Å². The Kier molecular flexibility index (Phi) is 5.95. The molecule has 0 aliphatic carbocycles. The van der Waals surface area contributed by atoms with Crippen LogP contribution in [0.1, 0.15) is 66.7 Å². The molecule has 2 heterocycles. The topological polar surface area (TPSA) is 82.8 Å². The smallest absolute Gasteiger partial charge is 0.338 e. The molecule has 1 unspecified atom stereocenters. The zero-order chi connectivity index (χ0) is 23.9. The number of carboxylic acid groups (broad SMARTS) is 1. The summed E-state index contributed by atoms with van der Waals surface area (Å²) >= 11 is 0. The number of benzene rings is 2. The lowest BCUT2D eigenvalue weighted by molar-refractivity contribution is 0.0697. The van der Waals surface area contributed by atoms with Crippen LogP contribution in [0.25, 0.3) is 11.0 Å². The summed E-state index contributed by atoms with van der Waals surface area (Å²) in [7, 11) is 0. The predicted molar refractivity (Wildman–Crippen MR) is 133 cm³/mol. The van der Waals surface area contributed by atoms with Crippen molar-refractivity contribution in [2.24, 2.45) is 5.41 Å². The van der Waals surface area contributed by atoms with Crippen molar-refractivity contribution in [3.63, 3.8) is 0 Å². The maximum atomic E-state index is 13.1. The van der Waals surface area contributed by atoms with Crippen LogP contribution in [-0.4, -0.2) is 24.2 Å². The number of anilines is 2. The van der Waals surface area contributed by atoms with Crippen molar-refractivity contribution in [1.82, 2.24) is 0 Å². The van der Waals surface area contributed by atoms with Gasteiger partial charge in [0.25, 0.3) is 0 Å². The average molecular weight is 449 g/mol. The normalized spacial score (nSPS) is 16.6. The van der Waals surface area contributed by atoms with Crippen molar-refractivity contribution >= 4 is 28.5 Å². The van der Waals surface area contributed by atoms with Crippen molar-refractivity contribution in [1.29, 1.82) is 0 Å². The van der Waals surface area contributed by atoms with E-state index in [-0.39, 0.29) is 17.0 Å². The van der Waals surface area contributed by atoms with Crippen LogP contribution in [0.3, 0.4) is 0 Å². The first-order chi connectivity index (χ1) is 15.6. The van der Waals surface area contributed by atoms with Gasteiger partial charge in [-0.15, -0.1) is 0 Å². The van der Waals surface area contributed by atoms with Gasteiger partial charge in [-0.1, -0.05) is 32.0 Å². The summed E-state index contributed by atoms with van der Waals surface area (Å²) in [5.74, 6) is -0.374. The number of aromatic carboxylic acids is 1. The maximum Gasteiger partial charge on any atom is 0.338 e. The molecule has 6 nitrogen and oxygen atoms in total. The van der Waals surface area contributed by atoms with E-state index in [0.29, 0.717) is 33.5 Å². The molecule has 1 fully saturated rings. The molecule has 2 aromatic carbocycles. The Hall–Kier alpha value is -3.28. The van der Waals surface area contributed by atoms with Crippen molar-refractivity contribution < 1.29 is 14.3 Å². The fraction of sp³-hybridized carbons (Fsp3) is 0.407. The summed E-state index contributed by atoms with van der Waals surface area (Å²) in [5, 5.41) is 13.6. The van der Waals surface area contributed by atoms with Crippen LogP contribution < -0.4 is 15.6 Å². The summed E-state index contributed by atoms with van der Waals surface area (Å²) in [6.07, 6.45) is 2.08. The molecule has 0 amide bonds. The zero-order valence-corrected chi connectivity index (χ0v) is 20.0. The Morgan fingerprint density at radius 3 is 2.52 bits per heavy atom. The number of rotatable bonds is 5. The second kappa shape index (κ2) is 8.58. The van der Waals surface area contributed by atoms with Crippen LogP contribution in [0.15, 0.2) is 45.6 Å². The van der Waals surface area contributed by atoms with Gasteiger partial charge in [-0.25, -0.2) is 4.79 Å². The van der Waals surface area contributed by atoms with E-state index in [4.69, 9.17) is 4.42 Å². The first-order valence-electron chi connectivity index (χ1n) is 11.5. The van der Waals surface area contributed by atoms with Gasteiger partial charge in [0.2, 0.25) is 0 Å². The SMILES string of the molecule is Cc1cc(C(C)Nc2cccc(C)c2C(=O)O)c2oc(N3CCC(C)(C)CC3)cc(=O)c2c1. The minimum Gasteiger partial charge on any atom is -0.478 e. The van der Waals surface area contributed by atoms with Gasteiger partial charge in [0, 0.05) is 30.4 Å². The molecule has 1 aliphatic rings. The Labute approximate surface area is 194 Å². The molecule has 1 saturated heterocycles. The highest BCUT2D eigenvalue weighted by Gasteiger charge is 2.27. The highest BCUT2D eigenvalue weighted by molar-refractivity contribution is 5.96. The fourth-order valence-electron chi connectivity index (χ4n) is 4.61. The molecular weight excluding hydrogens is 416 g/mol. The first-order valence-corrected chi connectivity index (χ1v) is 11.5. The molecule has 2 N–H and O–H groups in total. The van der Waals surface area contributed by atoms with Gasteiger partial charge in [-0.3, -0.25) is 4.79 Å². The van der Waals surface area contributed by atoms with Gasteiger partial charge >= 0.3 is 5.97 Å². The summed E-state index contributed by atoms with van der Waals surface area (Å²) < 4.78 is 6.37. The van der Waals surface area contributed by atoms with Gasteiger partial charge in [-0.05, 0) is 62.3 Å². The number of hydrogen-bond acceptors (Lipinski definition) is 5. The summed E-state index contributed by atoms with van der Waals surface area (Å²) in [6.45, 7) is 11.9. The molecule has 1 aliphatic heterocycles. The number of aryl methyl sites for hydroxylation is 2. The Morgan fingerprint density at radius 2 is 1.85 bits per heavy atom. The van der Waals surface area contributed by atoms with Crippen LogP contribution >= 0.6 is 0 Å². The molecule has 174 valence electrons. The summed E-state index contributed by atoms with van der Waals surface area (Å²) in [4.78, 5) is 27.0. The van der Waals surface area contributed by atoms with Crippen LogP contribution in [0.5, 0.6) is 0 Å². The molecule has 1 atom stereocenters. The number of hydrogen-bond donors (Lipinski definition) is 2. The zero-order valence-electron chi connectivity index (χ0n) is 20.0. The Morgan fingerprint density at radius 1 is 1.15 bits per heavy atom. The molecule has 6 heteroatoms. The third-order valence-corrected chi connectivity index (χ3v) is 6.74. The number of nitrogens with zero attached hydrogens (tertiary/aromatic N) is 1. The quantitative estimate of drug-likeness (QED) is 0.505. The highest BCUT2D eigenvalue weighted by Crippen LogP contribution is 2.35. The third kappa shape index (κ3) is 4.61. The van der Waals surface area contributed by atoms with Crippen LogP contribution in [0.4, 0.5) is 11.6 Å². The van der Waals surface area contributed by atoms with Crippen molar-refractivity contribution in [2.75, 3.05) is 23.3 Å².